The zero-order chi connectivity index (χ0) is 9.28. The van der Waals surface area contributed by atoms with Crippen LogP contribution in [0.25, 0.3) is 0 Å². The monoisotopic (exact) mass is 231 g/mol. The number of rotatable bonds is 2. The predicted molar refractivity (Wildman–Crippen MR) is 57.4 cm³/mol. The Kier molecular flexibility index (Phi) is 4.25. The van der Waals surface area contributed by atoms with Crippen LogP contribution in [0.3, 0.4) is 0 Å². The van der Waals surface area contributed by atoms with Gasteiger partial charge in [0.25, 0.3) is 0 Å². The van der Waals surface area contributed by atoms with Crippen molar-refractivity contribution in [2.45, 2.75) is 35.4 Å². The van der Waals surface area contributed by atoms with Crippen LogP contribution in [0.1, 0.15) is 6.42 Å². The minimum atomic E-state index is -1.23. The van der Waals surface area contributed by atoms with Crippen LogP contribution in [-0.4, -0.2) is 11.9 Å². The highest BCUT2D eigenvalue weighted by Crippen LogP contribution is 2.39. The zero-order valence-corrected chi connectivity index (χ0v) is 10.4. The molecule has 0 fully saturated rings. The minimum absolute atomic E-state index is 0.301. The van der Waals surface area contributed by atoms with Gasteiger partial charge in [-0.2, -0.15) is 0 Å². The maximum absolute atomic E-state index is 5.65. The van der Waals surface area contributed by atoms with Crippen LogP contribution in [0.2, 0.25) is 25.2 Å². The van der Waals surface area contributed by atoms with E-state index in [1.165, 1.54) is 0 Å². The second-order valence-electron chi connectivity index (χ2n) is 3.88. The molecule has 0 saturated carbocycles. The van der Waals surface area contributed by atoms with E-state index in [0.717, 1.165) is 0 Å². The van der Waals surface area contributed by atoms with E-state index < -0.39 is 11.9 Å². The van der Waals surface area contributed by atoms with Crippen LogP contribution >= 0.6 is 34.8 Å². The lowest BCUT2D eigenvalue weighted by Crippen LogP contribution is -2.29. The molecule has 0 rings (SSSR count). The molecule has 0 nitrogen and oxygen atoms in total. The van der Waals surface area contributed by atoms with Crippen LogP contribution in [0.15, 0.2) is 0 Å². The molecule has 0 N–H and O–H groups in total. The second kappa shape index (κ2) is 3.86. The van der Waals surface area contributed by atoms with Crippen molar-refractivity contribution < 1.29 is 0 Å². The van der Waals surface area contributed by atoms with Crippen molar-refractivity contribution in [2.24, 2.45) is 0 Å². The summed E-state index contributed by atoms with van der Waals surface area (Å²) >= 11 is 16.9. The Morgan fingerprint density at radius 2 is 1.64 bits per heavy atom. The maximum Gasteiger partial charge on any atom is 0.190 e. The first-order valence-corrected chi connectivity index (χ1v) is 8.24. The average molecular weight is 233 g/mol. The first-order valence-electron chi connectivity index (χ1n) is 3.53. The van der Waals surface area contributed by atoms with Crippen LogP contribution in [0, 0.1) is 6.92 Å². The summed E-state index contributed by atoms with van der Waals surface area (Å²) in [4.78, 5) is 0. The molecule has 0 spiro atoms. The van der Waals surface area contributed by atoms with Gasteiger partial charge in [0, 0.05) is 8.07 Å². The molecule has 67 valence electrons. The zero-order valence-electron chi connectivity index (χ0n) is 7.13. The topological polar surface area (TPSA) is 0 Å². The number of halogens is 3. The van der Waals surface area contributed by atoms with Crippen molar-refractivity contribution in [3.8, 4) is 0 Å². The van der Waals surface area contributed by atoms with E-state index in [4.69, 9.17) is 34.8 Å². The molecule has 1 radical (unpaired) electrons. The minimum Gasteiger partial charge on any atom is -0.0837 e. The molecule has 0 aliphatic rings. The molecule has 0 aromatic rings. The molecule has 0 heterocycles. The first-order chi connectivity index (χ1) is 4.63. The molecule has 1 unspecified atom stereocenters. The van der Waals surface area contributed by atoms with Crippen molar-refractivity contribution in [2.75, 3.05) is 0 Å². The molecule has 0 aromatic heterocycles. The highest BCUT2D eigenvalue weighted by Gasteiger charge is 2.30. The molecule has 0 aromatic carbocycles. The first kappa shape index (κ1) is 12.1. The highest BCUT2D eigenvalue weighted by atomic mass is 35.6. The van der Waals surface area contributed by atoms with Gasteiger partial charge in [-0.1, -0.05) is 61.4 Å². The van der Waals surface area contributed by atoms with E-state index in [-0.39, 0.29) is 0 Å². The van der Waals surface area contributed by atoms with Crippen molar-refractivity contribution in [3.05, 3.63) is 6.92 Å². The summed E-state index contributed by atoms with van der Waals surface area (Å²) in [6, 6.07) is 0. The number of hydrogen-bond donors (Lipinski definition) is 0. The van der Waals surface area contributed by atoms with Gasteiger partial charge < -0.3 is 0 Å². The van der Waals surface area contributed by atoms with Gasteiger partial charge in [0.15, 0.2) is 3.79 Å². The van der Waals surface area contributed by atoms with E-state index in [2.05, 4.69) is 26.6 Å². The van der Waals surface area contributed by atoms with E-state index in [0.29, 0.717) is 12.0 Å². The van der Waals surface area contributed by atoms with Crippen LogP contribution in [-0.2, 0) is 0 Å². The Morgan fingerprint density at radius 3 is 1.73 bits per heavy atom. The molecule has 0 bridgehead atoms. The quantitative estimate of drug-likeness (QED) is 0.492. The molecule has 0 amide bonds. The normalized spacial score (nSPS) is 16.6. The van der Waals surface area contributed by atoms with E-state index in [1.807, 2.05) is 0 Å². The number of hydrogen-bond acceptors (Lipinski definition) is 0. The third-order valence-corrected chi connectivity index (χ3v) is 4.82. The highest BCUT2D eigenvalue weighted by molar-refractivity contribution is 6.78. The van der Waals surface area contributed by atoms with Crippen molar-refractivity contribution in [1.82, 2.24) is 0 Å². The predicted octanol–water partition coefficient (Wildman–Crippen LogP) is 4.29. The summed E-state index contributed by atoms with van der Waals surface area (Å²) in [6.45, 7) is 10.7. The molecule has 1 atom stereocenters. The molecular formula is C7H14Cl3Si. The molecule has 0 aliphatic carbocycles. The third-order valence-electron chi connectivity index (χ3n) is 1.70. The van der Waals surface area contributed by atoms with Gasteiger partial charge in [0.2, 0.25) is 0 Å². The lowest BCUT2D eigenvalue weighted by molar-refractivity contribution is 0.844. The fourth-order valence-electron chi connectivity index (χ4n) is 0.586. The van der Waals surface area contributed by atoms with Gasteiger partial charge in [-0.25, -0.2) is 0 Å². The lowest BCUT2D eigenvalue weighted by Gasteiger charge is -2.27. The van der Waals surface area contributed by atoms with Gasteiger partial charge >= 0.3 is 0 Å². The number of alkyl halides is 3. The van der Waals surface area contributed by atoms with Crippen LogP contribution in [0.4, 0.5) is 0 Å². The van der Waals surface area contributed by atoms with Gasteiger partial charge in [-0.05, 0) is 12.0 Å². The Balaban J connectivity index is 3.99. The summed E-state index contributed by atoms with van der Waals surface area (Å²) in [5.74, 6) is 0. The lowest BCUT2D eigenvalue weighted by atomic mass is 10.4. The van der Waals surface area contributed by atoms with Crippen LogP contribution < -0.4 is 0 Å². The fraction of sp³-hybridized carbons (Fsp3) is 0.857. The van der Waals surface area contributed by atoms with Crippen LogP contribution in [0.5, 0.6) is 0 Å². The Hall–Kier alpha value is 1.09. The molecule has 4 heteroatoms. The molecular weight excluding hydrogens is 219 g/mol. The smallest absolute Gasteiger partial charge is 0.0837 e. The SMILES string of the molecule is [CH2]C(CC(Cl)(Cl)Cl)[Si](C)(C)C. The molecule has 0 aliphatic heterocycles. The third kappa shape index (κ3) is 6.27. The Morgan fingerprint density at radius 1 is 1.27 bits per heavy atom. The summed E-state index contributed by atoms with van der Waals surface area (Å²) in [5, 5.41) is 0. The molecule has 0 saturated heterocycles. The van der Waals surface area contributed by atoms with Gasteiger partial charge in [0.05, 0.1) is 0 Å². The van der Waals surface area contributed by atoms with Crippen molar-refractivity contribution in [1.29, 1.82) is 0 Å². The summed E-state index contributed by atoms with van der Waals surface area (Å²) in [7, 11) is -1.23. The van der Waals surface area contributed by atoms with Crippen molar-refractivity contribution >= 4 is 42.9 Å². The summed E-state index contributed by atoms with van der Waals surface area (Å²) in [6.07, 6.45) is 0.563. The molecule has 11 heavy (non-hydrogen) atoms. The van der Waals surface area contributed by atoms with Gasteiger partial charge in [-0.15, -0.1) is 0 Å². The van der Waals surface area contributed by atoms with Gasteiger partial charge in [-0.3, -0.25) is 0 Å². The Bertz CT molecular complexity index is 123. The van der Waals surface area contributed by atoms with E-state index in [1.54, 1.807) is 0 Å². The van der Waals surface area contributed by atoms with Gasteiger partial charge in [0.1, 0.15) is 0 Å². The Labute approximate surface area is 85.2 Å². The standard InChI is InChI=1S/C7H14Cl3Si/c1-6(11(2,3)4)5-7(8,9)10/h6H,1,5H2,2-4H3. The van der Waals surface area contributed by atoms with Crippen molar-refractivity contribution in [3.63, 3.8) is 0 Å². The average Bonchev–Trinajstić information content (AvgIpc) is 1.56. The largest absolute Gasteiger partial charge is 0.190 e. The maximum atomic E-state index is 5.65. The van der Waals surface area contributed by atoms with E-state index >= 15 is 0 Å². The second-order valence-corrected chi connectivity index (χ2v) is 11.9. The van der Waals surface area contributed by atoms with E-state index in [9.17, 15) is 0 Å². The fourth-order valence-corrected chi connectivity index (χ4v) is 2.45. The summed E-state index contributed by atoms with van der Waals surface area (Å²) < 4.78 is -1.13. The summed E-state index contributed by atoms with van der Waals surface area (Å²) in [5.41, 5.74) is 0.301.